The number of carbonyl (C=O) groups is 1. The number of hydrogen-bond donors (Lipinski definition) is 0. The van der Waals surface area contributed by atoms with E-state index in [1.165, 1.54) is 17.0 Å². The first kappa shape index (κ1) is 27.0. The Kier molecular flexibility index (Phi) is 8.12. The van der Waals surface area contributed by atoms with Gasteiger partial charge in [-0.2, -0.15) is 13.2 Å². The van der Waals surface area contributed by atoms with Gasteiger partial charge in [0.05, 0.1) is 5.56 Å². The van der Waals surface area contributed by atoms with Gasteiger partial charge in [0, 0.05) is 18.7 Å². The van der Waals surface area contributed by atoms with E-state index in [2.05, 4.69) is 25.8 Å². The molecule has 0 aliphatic carbocycles. The molecule has 0 radical (unpaired) electrons. The second-order valence-corrected chi connectivity index (χ2v) is 10.0. The van der Waals surface area contributed by atoms with E-state index in [9.17, 15) is 22.4 Å². The summed E-state index contributed by atoms with van der Waals surface area (Å²) < 4.78 is 53.2. The van der Waals surface area contributed by atoms with E-state index in [0.29, 0.717) is 6.07 Å². The van der Waals surface area contributed by atoms with Crippen molar-refractivity contribution in [2.45, 2.75) is 45.3 Å². The van der Waals surface area contributed by atoms with Crippen LogP contribution in [0, 0.1) is 5.82 Å². The Morgan fingerprint density at radius 3 is 2.03 bits per heavy atom. The second kappa shape index (κ2) is 10.5. The predicted octanol–water partition coefficient (Wildman–Crippen LogP) is 7.73. The second-order valence-electron chi connectivity index (χ2n) is 9.27. The monoisotopic (exact) mass is 526 g/mol. The molecule has 0 bridgehead atoms. The van der Waals surface area contributed by atoms with Gasteiger partial charge in [-0.1, -0.05) is 68.2 Å². The fourth-order valence-corrected chi connectivity index (χ4v) is 4.04. The molecule has 0 fully saturated rings. The van der Waals surface area contributed by atoms with Gasteiger partial charge < -0.3 is 4.90 Å². The van der Waals surface area contributed by atoms with Crippen molar-refractivity contribution in [3.8, 4) is 0 Å². The van der Waals surface area contributed by atoms with Crippen LogP contribution in [0.1, 0.15) is 53.4 Å². The topological polar surface area (TPSA) is 33.2 Å². The number of pyridine rings is 1. The van der Waals surface area contributed by atoms with Gasteiger partial charge in [-0.25, -0.2) is 9.37 Å². The highest BCUT2D eigenvalue weighted by Gasteiger charge is 2.31. The van der Waals surface area contributed by atoms with Crippen molar-refractivity contribution < 1.29 is 22.4 Å². The molecular weight excluding hydrogens is 503 g/mol. The average Bonchev–Trinajstić information content (AvgIpc) is 2.74. The van der Waals surface area contributed by atoms with Crippen molar-refractivity contribution >= 4 is 29.1 Å². The Labute approximate surface area is 211 Å². The molecule has 1 heterocycles. The largest absolute Gasteiger partial charge is 0.416 e. The summed E-state index contributed by atoms with van der Waals surface area (Å²) in [6.45, 7) is 6.48. The summed E-state index contributed by atoms with van der Waals surface area (Å²) in [5, 5.41) is 0.0746. The maximum Gasteiger partial charge on any atom is 0.416 e. The molecule has 2 aromatic carbocycles. The predicted molar refractivity (Wildman–Crippen MR) is 129 cm³/mol. The van der Waals surface area contributed by atoms with Gasteiger partial charge in [-0.3, -0.25) is 4.79 Å². The number of benzene rings is 2. The molecule has 186 valence electrons. The van der Waals surface area contributed by atoms with E-state index in [4.69, 9.17) is 23.2 Å². The lowest BCUT2D eigenvalue weighted by Gasteiger charge is -2.24. The summed E-state index contributed by atoms with van der Waals surface area (Å²) in [7, 11) is 0. The number of hydrogen-bond acceptors (Lipinski definition) is 2. The zero-order chi connectivity index (χ0) is 26.0. The summed E-state index contributed by atoms with van der Waals surface area (Å²) in [4.78, 5) is 18.6. The van der Waals surface area contributed by atoms with Crippen molar-refractivity contribution in [1.29, 1.82) is 0 Å². The summed E-state index contributed by atoms with van der Waals surface area (Å²) in [6, 6.07) is 12.9. The zero-order valence-electron chi connectivity index (χ0n) is 19.4. The molecule has 0 saturated heterocycles. The van der Waals surface area contributed by atoms with E-state index >= 15 is 0 Å². The van der Waals surface area contributed by atoms with Crippen LogP contribution < -0.4 is 0 Å². The third-order valence-electron chi connectivity index (χ3n) is 5.45. The van der Waals surface area contributed by atoms with Crippen LogP contribution in [0.3, 0.4) is 0 Å². The Bertz CT molecular complexity index is 1190. The maximum absolute atomic E-state index is 13.9. The molecule has 1 amide bonds. The molecule has 1 aromatic heterocycles. The van der Waals surface area contributed by atoms with Crippen LogP contribution in [0.4, 0.5) is 17.6 Å². The molecule has 0 spiro atoms. The van der Waals surface area contributed by atoms with Crippen molar-refractivity contribution in [2.24, 2.45) is 0 Å². The highest BCUT2D eigenvalue weighted by molar-refractivity contribution is 6.33. The lowest BCUT2D eigenvalue weighted by atomic mass is 9.87. The summed E-state index contributed by atoms with van der Waals surface area (Å²) in [5.41, 5.74) is 1.14. The standard InChI is InChI=1S/C26H24Cl2F4N2O/c1-25(2,3)19-6-4-16(5-7-19)15-34(24(35)18-12-22(27)33-23(28)13-18)9-8-17-10-20(26(30,31)32)14-21(29)11-17/h4-7,10-14H,8-9,15H2,1-3H3. The third-order valence-corrected chi connectivity index (χ3v) is 5.83. The van der Waals surface area contributed by atoms with Crippen LogP contribution in [-0.2, 0) is 24.6 Å². The van der Waals surface area contributed by atoms with Crippen LogP contribution >= 0.6 is 23.2 Å². The van der Waals surface area contributed by atoms with Gasteiger partial charge in [0.15, 0.2) is 0 Å². The number of halogens is 6. The maximum atomic E-state index is 13.9. The number of alkyl halides is 3. The minimum Gasteiger partial charge on any atom is -0.334 e. The van der Waals surface area contributed by atoms with Crippen molar-refractivity contribution in [3.05, 3.63) is 98.5 Å². The summed E-state index contributed by atoms with van der Waals surface area (Å²) >= 11 is 11.9. The molecule has 3 aromatic rings. The number of amides is 1. The molecule has 0 saturated carbocycles. The van der Waals surface area contributed by atoms with Crippen molar-refractivity contribution in [2.75, 3.05) is 6.54 Å². The Hall–Kier alpha value is -2.64. The molecular formula is C26H24Cl2F4N2O. The average molecular weight is 527 g/mol. The fraction of sp³-hybridized carbons (Fsp3) is 0.308. The molecule has 9 heteroatoms. The van der Waals surface area contributed by atoms with Gasteiger partial charge in [0.2, 0.25) is 0 Å². The number of rotatable bonds is 6. The normalized spacial score (nSPS) is 12.0. The molecule has 0 unspecified atom stereocenters. The van der Waals surface area contributed by atoms with E-state index in [1.807, 2.05) is 24.3 Å². The highest BCUT2D eigenvalue weighted by Crippen LogP contribution is 2.31. The van der Waals surface area contributed by atoms with Crippen molar-refractivity contribution in [3.63, 3.8) is 0 Å². The fourth-order valence-electron chi connectivity index (χ4n) is 3.58. The number of aromatic nitrogens is 1. The Morgan fingerprint density at radius 1 is 0.886 bits per heavy atom. The van der Waals surface area contributed by atoms with E-state index in [1.54, 1.807) is 0 Å². The minimum absolute atomic E-state index is 0.0131. The quantitative estimate of drug-likeness (QED) is 0.243. The van der Waals surface area contributed by atoms with Gasteiger partial charge in [-0.05, 0) is 58.9 Å². The lowest BCUT2D eigenvalue weighted by Crippen LogP contribution is -2.32. The van der Waals surface area contributed by atoms with E-state index in [-0.39, 0.29) is 46.4 Å². The molecule has 0 aliphatic heterocycles. The third kappa shape index (κ3) is 7.42. The molecule has 0 N–H and O–H groups in total. The molecule has 0 atom stereocenters. The molecule has 0 aliphatic rings. The lowest BCUT2D eigenvalue weighted by molar-refractivity contribution is -0.137. The number of nitrogens with zero attached hydrogens (tertiary/aromatic N) is 2. The minimum atomic E-state index is -4.67. The van der Waals surface area contributed by atoms with Crippen LogP contribution in [-0.4, -0.2) is 22.3 Å². The first-order valence-corrected chi connectivity index (χ1v) is 11.6. The highest BCUT2D eigenvalue weighted by atomic mass is 35.5. The van der Waals surface area contributed by atoms with Crippen LogP contribution in [0.5, 0.6) is 0 Å². The smallest absolute Gasteiger partial charge is 0.334 e. The summed E-state index contributed by atoms with van der Waals surface area (Å²) in [5.74, 6) is -1.42. The summed E-state index contributed by atoms with van der Waals surface area (Å²) in [6.07, 6.45) is -4.66. The Balaban J connectivity index is 1.89. The Morgan fingerprint density at radius 2 is 1.49 bits per heavy atom. The number of carbonyl (C=O) groups excluding carboxylic acids is 1. The van der Waals surface area contributed by atoms with Gasteiger partial charge >= 0.3 is 6.18 Å². The van der Waals surface area contributed by atoms with E-state index < -0.39 is 23.5 Å². The van der Waals surface area contributed by atoms with Gasteiger partial charge in [-0.15, -0.1) is 0 Å². The van der Waals surface area contributed by atoms with Crippen LogP contribution in [0.15, 0.2) is 54.6 Å². The van der Waals surface area contributed by atoms with Gasteiger partial charge in [0.1, 0.15) is 16.1 Å². The SMILES string of the molecule is CC(C)(C)c1ccc(CN(CCc2cc(F)cc(C(F)(F)F)c2)C(=O)c2cc(Cl)nc(Cl)c2)cc1. The first-order chi connectivity index (χ1) is 16.2. The first-order valence-electron chi connectivity index (χ1n) is 10.8. The molecule has 3 nitrogen and oxygen atoms in total. The molecule has 35 heavy (non-hydrogen) atoms. The zero-order valence-corrected chi connectivity index (χ0v) is 20.9. The molecule has 3 rings (SSSR count). The van der Waals surface area contributed by atoms with Crippen molar-refractivity contribution in [1.82, 2.24) is 9.88 Å². The van der Waals surface area contributed by atoms with Gasteiger partial charge in [0.25, 0.3) is 5.91 Å². The van der Waals surface area contributed by atoms with Crippen LogP contribution in [0.25, 0.3) is 0 Å². The van der Waals surface area contributed by atoms with Crippen LogP contribution in [0.2, 0.25) is 10.3 Å². The van der Waals surface area contributed by atoms with E-state index in [0.717, 1.165) is 23.3 Å².